The van der Waals surface area contributed by atoms with E-state index in [1.54, 1.807) is 6.08 Å². The summed E-state index contributed by atoms with van der Waals surface area (Å²) in [6.07, 6.45) is 7.03. The molecule has 0 amide bonds. The number of methoxy groups -OCH3 is 1. The number of hydrogen-bond acceptors (Lipinski definition) is 2. The van der Waals surface area contributed by atoms with Crippen LogP contribution in [0.5, 0.6) is 0 Å². The summed E-state index contributed by atoms with van der Waals surface area (Å²) in [5.41, 5.74) is 2.27. The number of carbonyl (C=O) groups excluding carboxylic acids is 1. The molecular formula is C13H20O2. The number of rotatable bonds is 7. The van der Waals surface area contributed by atoms with Crippen molar-refractivity contribution in [1.82, 2.24) is 0 Å². The number of carbonyl (C=O) groups is 1. The lowest BCUT2D eigenvalue weighted by molar-refractivity contribution is -0.140. The van der Waals surface area contributed by atoms with E-state index in [1.165, 1.54) is 12.7 Å². The highest BCUT2D eigenvalue weighted by molar-refractivity contribution is 5.69. The van der Waals surface area contributed by atoms with Gasteiger partial charge in [-0.3, -0.25) is 4.79 Å². The van der Waals surface area contributed by atoms with Gasteiger partial charge >= 0.3 is 5.97 Å². The molecule has 0 saturated heterocycles. The number of esters is 1. The standard InChI is InChI=1S/C13H20O2/c1-5-11(2)7-6-8-12(3)9-10-13(14)15-4/h5,8H,1-2,6-7,9-10H2,3-4H3/b12-8+. The third-order valence-corrected chi connectivity index (χ3v) is 2.20. The lowest BCUT2D eigenvalue weighted by atomic mass is 10.1. The molecule has 0 atom stereocenters. The topological polar surface area (TPSA) is 26.3 Å². The van der Waals surface area contributed by atoms with E-state index in [9.17, 15) is 4.79 Å². The summed E-state index contributed by atoms with van der Waals surface area (Å²) in [6, 6.07) is 0. The number of allylic oxidation sites excluding steroid dienone is 4. The zero-order valence-corrected chi connectivity index (χ0v) is 9.71. The van der Waals surface area contributed by atoms with Crippen molar-refractivity contribution in [2.75, 3.05) is 7.11 Å². The van der Waals surface area contributed by atoms with Crippen LogP contribution in [0.15, 0.2) is 36.5 Å². The molecule has 0 aromatic heterocycles. The maximum atomic E-state index is 10.9. The fourth-order valence-corrected chi connectivity index (χ4v) is 1.11. The summed E-state index contributed by atoms with van der Waals surface area (Å²) in [5.74, 6) is -0.154. The predicted octanol–water partition coefficient (Wildman–Crippen LogP) is 3.41. The normalized spacial score (nSPS) is 10.9. The van der Waals surface area contributed by atoms with Crippen molar-refractivity contribution in [2.24, 2.45) is 0 Å². The highest BCUT2D eigenvalue weighted by Gasteiger charge is 1.99. The molecule has 0 aromatic rings. The lowest BCUT2D eigenvalue weighted by Gasteiger charge is -2.01. The number of hydrogen-bond donors (Lipinski definition) is 0. The first-order valence-electron chi connectivity index (χ1n) is 5.12. The van der Waals surface area contributed by atoms with Crippen LogP contribution in [0.1, 0.15) is 32.6 Å². The van der Waals surface area contributed by atoms with Gasteiger partial charge in [0.15, 0.2) is 0 Å². The van der Waals surface area contributed by atoms with Crippen molar-refractivity contribution in [3.63, 3.8) is 0 Å². The molecule has 0 fully saturated rings. The fraction of sp³-hybridized carbons (Fsp3) is 0.462. The smallest absolute Gasteiger partial charge is 0.305 e. The maximum absolute atomic E-state index is 10.9. The van der Waals surface area contributed by atoms with Crippen LogP contribution in [0, 0.1) is 0 Å². The highest BCUT2D eigenvalue weighted by Crippen LogP contribution is 2.10. The summed E-state index contributed by atoms with van der Waals surface area (Å²) in [6.45, 7) is 9.51. The van der Waals surface area contributed by atoms with Gasteiger partial charge in [0.05, 0.1) is 7.11 Å². The maximum Gasteiger partial charge on any atom is 0.305 e. The van der Waals surface area contributed by atoms with Gasteiger partial charge in [-0.05, 0) is 26.2 Å². The van der Waals surface area contributed by atoms with E-state index in [4.69, 9.17) is 0 Å². The van der Waals surface area contributed by atoms with Crippen LogP contribution < -0.4 is 0 Å². The largest absolute Gasteiger partial charge is 0.469 e. The Morgan fingerprint density at radius 3 is 2.53 bits per heavy atom. The molecule has 15 heavy (non-hydrogen) atoms. The minimum atomic E-state index is -0.154. The van der Waals surface area contributed by atoms with Gasteiger partial charge in [-0.2, -0.15) is 0 Å². The molecule has 0 aliphatic heterocycles. The average molecular weight is 208 g/mol. The minimum Gasteiger partial charge on any atom is -0.469 e. The fourth-order valence-electron chi connectivity index (χ4n) is 1.11. The third kappa shape index (κ3) is 7.74. The Hall–Kier alpha value is -1.31. The summed E-state index contributed by atoms with van der Waals surface area (Å²) in [4.78, 5) is 10.9. The Morgan fingerprint density at radius 2 is 2.00 bits per heavy atom. The Kier molecular flexibility index (Phi) is 7.33. The average Bonchev–Trinajstić information content (AvgIpc) is 2.25. The lowest BCUT2D eigenvalue weighted by Crippen LogP contribution is -1.99. The minimum absolute atomic E-state index is 0.154. The Morgan fingerprint density at radius 1 is 1.33 bits per heavy atom. The Bertz CT molecular complexity index is 262. The molecule has 0 aliphatic rings. The summed E-state index contributed by atoms with van der Waals surface area (Å²) >= 11 is 0. The molecule has 0 radical (unpaired) electrons. The van der Waals surface area contributed by atoms with Crippen molar-refractivity contribution in [3.05, 3.63) is 36.5 Å². The molecule has 2 nitrogen and oxygen atoms in total. The molecule has 0 saturated carbocycles. The zero-order chi connectivity index (χ0) is 11.7. The first-order chi connectivity index (χ1) is 7.10. The van der Waals surface area contributed by atoms with E-state index < -0.39 is 0 Å². The van der Waals surface area contributed by atoms with E-state index in [0.29, 0.717) is 6.42 Å². The molecule has 0 spiro atoms. The second kappa shape index (κ2) is 8.04. The summed E-state index contributed by atoms with van der Waals surface area (Å²) in [7, 11) is 1.41. The van der Waals surface area contributed by atoms with Gasteiger partial charge in [-0.1, -0.05) is 36.5 Å². The van der Waals surface area contributed by atoms with Crippen LogP contribution in [-0.4, -0.2) is 13.1 Å². The van der Waals surface area contributed by atoms with Gasteiger partial charge in [-0.25, -0.2) is 0 Å². The van der Waals surface area contributed by atoms with Crippen LogP contribution in [0.4, 0.5) is 0 Å². The van der Waals surface area contributed by atoms with E-state index in [-0.39, 0.29) is 5.97 Å². The van der Waals surface area contributed by atoms with Crippen LogP contribution in [0.3, 0.4) is 0 Å². The monoisotopic (exact) mass is 208 g/mol. The van der Waals surface area contributed by atoms with E-state index in [0.717, 1.165) is 24.8 Å². The van der Waals surface area contributed by atoms with Crippen LogP contribution >= 0.6 is 0 Å². The third-order valence-electron chi connectivity index (χ3n) is 2.20. The second-order valence-corrected chi connectivity index (χ2v) is 3.53. The Balaban J connectivity index is 3.74. The summed E-state index contributed by atoms with van der Waals surface area (Å²) in [5, 5.41) is 0. The first kappa shape index (κ1) is 13.7. The molecule has 84 valence electrons. The SMILES string of the molecule is C=CC(=C)CC/C=C(\C)CCC(=O)OC. The molecule has 0 unspecified atom stereocenters. The van der Waals surface area contributed by atoms with Crippen LogP contribution in [0.25, 0.3) is 0 Å². The van der Waals surface area contributed by atoms with Gasteiger partial charge in [0.25, 0.3) is 0 Å². The molecule has 2 heteroatoms. The molecular weight excluding hydrogens is 188 g/mol. The molecule has 0 rings (SSSR count). The molecule has 0 aliphatic carbocycles. The van der Waals surface area contributed by atoms with Crippen molar-refractivity contribution < 1.29 is 9.53 Å². The van der Waals surface area contributed by atoms with Crippen molar-refractivity contribution in [3.8, 4) is 0 Å². The first-order valence-corrected chi connectivity index (χ1v) is 5.12. The van der Waals surface area contributed by atoms with E-state index in [2.05, 4.69) is 24.0 Å². The summed E-state index contributed by atoms with van der Waals surface area (Å²) < 4.78 is 4.57. The van der Waals surface area contributed by atoms with Gasteiger partial charge in [-0.15, -0.1) is 0 Å². The van der Waals surface area contributed by atoms with Gasteiger partial charge in [0, 0.05) is 6.42 Å². The zero-order valence-electron chi connectivity index (χ0n) is 9.71. The van der Waals surface area contributed by atoms with Gasteiger partial charge in [0.2, 0.25) is 0 Å². The van der Waals surface area contributed by atoms with Crippen molar-refractivity contribution in [1.29, 1.82) is 0 Å². The van der Waals surface area contributed by atoms with Crippen LogP contribution in [0.2, 0.25) is 0 Å². The Labute approximate surface area is 92.3 Å². The predicted molar refractivity (Wildman–Crippen MR) is 63.6 cm³/mol. The van der Waals surface area contributed by atoms with Gasteiger partial charge in [0.1, 0.15) is 0 Å². The second-order valence-electron chi connectivity index (χ2n) is 3.53. The molecule has 0 heterocycles. The molecule has 0 bridgehead atoms. The van der Waals surface area contributed by atoms with E-state index in [1.807, 2.05) is 6.92 Å². The number of ether oxygens (including phenoxy) is 1. The van der Waals surface area contributed by atoms with Crippen LogP contribution in [-0.2, 0) is 9.53 Å². The van der Waals surface area contributed by atoms with Crippen molar-refractivity contribution in [2.45, 2.75) is 32.6 Å². The highest BCUT2D eigenvalue weighted by atomic mass is 16.5. The van der Waals surface area contributed by atoms with E-state index >= 15 is 0 Å². The quantitative estimate of drug-likeness (QED) is 0.364. The van der Waals surface area contributed by atoms with Crippen molar-refractivity contribution >= 4 is 5.97 Å². The molecule has 0 aromatic carbocycles. The van der Waals surface area contributed by atoms with Gasteiger partial charge < -0.3 is 4.74 Å². The molecule has 0 N–H and O–H groups in total.